The van der Waals surface area contributed by atoms with Gasteiger partial charge in [-0.2, -0.15) is 0 Å². The molecule has 1 aromatic carbocycles. The molecule has 2 aromatic rings. The van der Waals surface area contributed by atoms with Crippen molar-refractivity contribution >= 4 is 11.9 Å². The number of nitrogens with one attached hydrogen (secondary N) is 1. The van der Waals surface area contributed by atoms with E-state index in [1.54, 1.807) is 4.68 Å². The van der Waals surface area contributed by atoms with Crippen LogP contribution in [-0.4, -0.2) is 38.0 Å². The summed E-state index contributed by atoms with van der Waals surface area (Å²) in [6, 6.07) is 8.52. The third kappa shape index (κ3) is 3.44. The molecule has 1 aromatic heterocycles. The first-order chi connectivity index (χ1) is 9.99. The Hall–Kier alpha value is -2.70. The molecule has 0 spiro atoms. The Kier molecular flexibility index (Phi) is 4.32. The molecule has 0 saturated carbocycles. The average Bonchev–Trinajstić information content (AvgIpc) is 2.81. The van der Waals surface area contributed by atoms with Gasteiger partial charge in [0.05, 0.1) is 23.5 Å². The first kappa shape index (κ1) is 14.7. The maximum absolute atomic E-state index is 11.8. The lowest BCUT2D eigenvalue weighted by Gasteiger charge is -2.08. The van der Waals surface area contributed by atoms with Crippen LogP contribution >= 0.6 is 0 Å². The van der Waals surface area contributed by atoms with Gasteiger partial charge in [0.1, 0.15) is 6.04 Å². The zero-order chi connectivity index (χ0) is 15.4. The molecular formula is C14H16N4O3. The van der Waals surface area contributed by atoms with Gasteiger partial charge in [-0.15, -0.1) is 5.10 Å². The second-order valence-electron chi connectivity index (χ2n) is 4.67. The van der Waals surface area contributed by atoms with Crippen LogP contribution in [0.1, 0.15) is 18.3 Å². The summed E-state index contributed by atoms with van der Waals surface area (Å²) >= 11 is 0. The minimum absolute atomic E-state index is 0.00368. The van der Waals surface area contributed by atoms with Gasteiger partial charge in [-0.3, -0.25) is 9.59 Å². The van der Waals surface area contributed by atoms with Crippen molar-refractivity contribution in [2.75, 3.05) is 0 Å². The van der Waals surface area contributed by atoms with Gasteiger partial charge in [-0.25, -0.2) is 4.68 Å². The summed E-state index contributed by atoms with van der Waals surface area (Å²) < 4.78 is 1.64. The highest BCUT2D eigenvalue weighted by atomic mass is 16.4. The molecule has 0 unspecified atom stereocenters. The SMILES string of the molecule is Cc1c(CC(=O)N[C@@H](C)C(=O)O)nnn1-c1ccccc1. The number of carbonyl (C=O) groups is 2. The van der Waals surface area contributed by atoms with E-state index in [1.165, 1.54) is 6.92 Å². The van der Waals surface area contributed by atoms with E-state index >= 15 is 0 Å². The topological polar surface area (TPSA) is 97.1 Å². The third-order valence-corrected chi connectivity index (χ3v) is 3.07. The molecule has 0 saturated heterocycles. The van der Waals surface area contributed by atoms with Gasteiger partial charge in [0.15, 0.2) is 0 Å². The number of carbonyl (C=O) groups excluding carboxylic acids is 1. The standard InChI is InChI=1S/C14H16N4O3/c1-9(14(20)21)15-13(19)8-12-10(2)18(17-16-12)11-6-4-3-5-7-11/h3-7,9H,8H2,1-2H3,(H,15,19)(H,20,21)/t9-/m0/s1. The van der Waals surface area contributed by atoms with Crippen molar-refractivity contribution in [2.24, 2.45) is 0 Å². The van der Waals surface area contributed by atoms with Gasteiger partial charge < -0.3 is 10.4 Å². The van der Waals surface area contributed by atoms with Crippen molar-refractivity contribution in [3.63, 3.8) is 0 Å². The number of amides is 1. The van der Waals surface area contributed by atoms with E-state index in [0.717, 1.165) is 11.4 Å². The molecule has 2 rings (SSSR count). The number of rotatable bonds is 5. The van der Waals surface area contributed by atoms with Gasteiger partial charge in [-0.05, 0) is 26.0 Å². The fourth-order valence-corrected chi connectivity index (χ4v) is 1.84. The number of aromatic nitrogens is 3. The minimum Gasteiger partial charge on any atom is -0.480 e. The summed E-state index contributed by atoms with van der Waals surface area (Å²) in [5.41, 5.74) is 2.13. The van der Waals surface area contributed by atoms with E-state index in [4.69, 9.17) is 5.11 Å². The van der Waals surface area contributed by atoms with Gasteiger partial charge >= 0.3 is 5.97 Å². The van der Waals surface area contributed by atoms with Crippen LogP contribution in [0.25, 0.3) is 5.69 Å². The van der Waals surface area contributed by atoms with Crippen molar-refractivity contribution in [1.29, 1.82) is 0 Å². The largest absolute Gasteiger partial charge is 0.480 e. The van der Waals surface area contributed by atoms with Crippen molar-refractivity contribution in [3.05, 3.63) is 41.7 Å². The number of hydrogen-bond acceptors (Lipinski definition) is 4. The van der Waals surface area contributed by atoms with E-state index < -0.39 is 17.9 Å². The fraction of sp³-hybridized carbons (Fsp3) is 0.286. The monoisotopic (exact) mass is 288 g/mol. The molecule has 7 heteroatoms. The Morgan fingerprint density at radius 2 is 2.00 bits per heavy atom. The van der Waals surface area contributed by atoms with Crippen molar-refractivity contribution < 1.29 is 14.7 Å². The Bertz CT molecular complexity index is 651. The van der Waals surface area contributed by atoms with Crippen LogP contribution in [0.4, 0.5) is 0 Å². The highest BCUT2D eigenvalue weighted by Gasteiger charge is 2.17. The Balaban J connectivity index is 2.11. The van der Waals surface area contributed by atoms with Gasteiger partial charge in [-0.1, -0.05) is 23.4 Å². The summed E-state index contributed by atoms with van der Waals surface area (Å²) in [6.07, 6.45) is -0.00368. The van der Waals surface area contributed by atoms with Crippen LogP contribution in [0, 0.1) is 6.92 Å². The smallest absolute Gasteiger partial charge is 0.325 e. The molecule has 7 nitrogen and oxygen atoms in total. The lowest BCUT2D eigenvalue weighted by Crippen LogP contribution is -2.39. The molecule has 110 valence electrons. The molecule has 21 heavy (non-hydrogen) atoms. The molecule has 0 aliphatic heterocycles. The summed E-state index contributed by atoms with van der Waals surface area (Å²) in [5.74, 6) is -1.47. The van der Waals surface area contributed by atoms with Gasteiger partial charge in [0, 0.05) is 0 Å². The number of hydrogen-bond donors (Lipinski definition) is 2. The van der Waals surface area contributed by atoms with Crippen molar-refractivity contribution in [1.82, 2.24) is 20.3 Å². The molecule has 1 heterocycles. The maximum atomic E-state index is 11.8. The molecule has 0 fully saturated rings. The predicted molar refractivity (Wildman–Crippen MR) is 75.0 cm³/mol. The van der Waals surface area contributed by atoms with Crippen molar-refractivity contribution in [2.45, 2.75) is 26.3 Å². The van der Waals surface area contributed by atoms with Crippen LogP contribution in [0.15, 0.2) is 30.3 Å². The fourth-order valence-electron chi connectivity index (χ4n) is 1.84. The summed E-state index contributed by atoms with van der Waals surface area (Å²) in [7, 11) is 0. The van der Waals surface area contributed by atoms with Crippen LogP contribution < -0.4 is 5.32 Å². The first-order valence-corrected chi connectivity index (χ1v) is 6.48. The molecule has 0 bridgehead atoms. The lowest BCUT2D eigenvalue weighted by molar-refractivity contribution is -0.141. The molecule has 0 radical (unpaired) electrons. The normalized spacial score (nSPS) is 11.9. The summed E-state index contributed by atoms with van der Waals surface area (Å²) in [4.78, 5) is 22.5. The molecule has 1 amide bonds. The molecule has 2 N–H and O–H groups in total. The molecule has 1 atom stereocenters. The summed E-state index contributed by atoms with van der Waals surface area (Å²) in [6.45, 7) is 3.23. The van der Waals surface area contributed by atoms with E-state index in [-0.39, 0.29) is 6.42 Å². The number of carboxylic acids is 1. The summed E-state index contributed by atoms with van der Waals surface area (Å²) in [5, 5.41) is 19.2. The number of para-hydroxylation sites is 1. The average molecular weight is 288 g/mol. The Morgan fingerprint density at radius 1 is 1.33 bits per heavy atom. The molecule has 0 aliphatic rings. The number of benzene rings is 1. The number of nitrogens with zero attached hydrogens (tertiary/aromatic N) is 3. The lowest BCUT2D eigenvalue weighted by atomic mass is 10.2. The Labute approximate surface area is 121 Å². The maximum Gasteiger partial charge on any atom is 0.325 e. The van der Waals surface area contributed by atoms with Gasteiger partial charge in [0.25, 0.3) is 0 Å². The van der Waals surface area contributed by atoms with Crippen LogP contribution in [-0.2, 0) is 16.0 Å². The van der Waals surface area contributed by atoms with Crippen LogP contribution in [0.2, 0.25) is 0 Å². The minimum atomic E-state index is -1.08. The van der Waals surface area contributed by atoms with E-state index in [0.29, 0.717) is 5.69 Å². The first-order valence-electron chi connectivity index (χ1n) is 6.48. The second-order valence-corrected chi connectivity index (χ2v) is 4.67. The Morgan fingerprint density at radius 3 is 2.62 bits per heavy atom. The van der Waals surface area contributed by atoms with Crippen molar-refractivity contribution in [3.8, 4) is 5.69 Å². The van der Waals surface area contributed by atoms with E-state index in [2.05, 4.69) is 15.6 Å². The van der Waals surface area contributed by atoms with Gasteiger partial charge in [0.2, 0.25) is 5.91 Å². The number of aliphatic carboxylic acids is 1. The zero-order valence-electron chi connectivity index (χ0n) is 11.8. The zero-order valence-corrected chi connectivity index (χ0v) is 11.8. The predicted octanol–water partition coefficient (Wildman–Crippen LogP) is 0.708. The highest BCUT2D eigenvalue weighted by Crippen LogP contribution is 2.12. The second kappa shape index (κ2) is 6.17. The van der Waals surface area contributed by atoms with Crippen LogP contribution in [0.5, 0.6) is 0 Å². The molecule has 0 aliphatic carbocycles. The highest BCUT2D eigenvalue weighted by molar-refractivity contribution is 5.84. The third-order valence-electron chi connectivity index (χ3n) is 3.07. The van der Waals surface area contributed by atoms with E-state index in [1.807, 2.05) is 37.3 Å². The quantitative estimate of drug-likeness (QED) is 0.844. The molecular weight excluding hydrogens is 272 g/mol. The van der Waals surface area contributed by atoms with E-state index in [9.17, 15) is 9.59 Å². The number of carboxylic acid groups (broad SMARTS) is 1. The van der Waals surface area contributed by atoms with Crippen LogP contribution in [0.3, 0.4) is 0 Å².